The molecule has 0 aliphatic carbocycles. The van der Waals surface area contributed by atoms with E-state index in [9.17, 15) is 20.1 Å². The van der Waals surface area contributed by atoms with Gasteiger partial charge in [0.05, 0.1) is 21.1 Å². The van der Waals surface area contributed by atoms with Gasteiger partial charge >= 0.3 is 5.97 Å². The lowest BCUT2D eigenvalue weighted by atomic mass is 9.81. The fourth-order valence-electron chi connectivity index (χ4n) is 4.38. The van der Waals surface area contributed by atoms with Gasteiger partial charge in [-0.1, -0.05) is 90.4 Å². The summed E-state index contributed by atoms with van der Waals surface area (Å²) in [4.78, 5) is 11.9. The predicted octanol–water partition coefficient (Wildman–Crippen LogP) is 5.09. The first-order valence-electron chi connectivity index (χ1n) is 11.5. The smallest absolute Gasteiger partial charge is 0.371 e. The van der Waals surface area contributed by atoms with Crippen LogP contribution in [0, 0.1) is 0 Å². The number of unbranched alkanes of at least 4 members (excludes halogenated alkanes) is 13. The third-order valence-corrected chi connectivity index (χ3v) is 6.17. The number of aliphatic carboxylic acids is 1. The molecule has 1 atom stereocenters. The summed E-state index contributed by atoms with van der Waals surface area (Å²) >= 11 is 0. The van der Waals surface area contributed by atoms with Crippen LogP contribution in [0.25, 0.3) is 0 Å². The van der Waals surface area contributed by atoms with E-state index in [0.29, 0.717) is 6.42 Å². The Hall–Kier alpha value is -0.650. The van der Waals surface area contributed by atoms with Crippen molar-refractivity contribution in [2.24, 2.45) is 0 Å². The molecule has 0 bridgehead atoms. The molecule has 28 heavy (non-hydrogen) atoms. The van der Waals surface area contributed by atoms with Crippen molar-refractivity contribution in [2.75, 3.05) is 21.1 Å². The van der Waals surface area contributed by atoms with Crippen molar-refractivity contribution in [2.45, 2.75) is 121 Å². The molecule has 0 heterocycles. The van der Waals surface area contributed by atoms with Gasteiger partial charge in [-0.25, -0.2) is 4.79 Å². The van der Waals surface area contributed by atoms with Gasteiger partial charge < -0.3 is 19.8 Å². The lowest BCUT2D eigenvalue weighted by Crippen LogP contribution is -2.73. The van der Waals surface area contributed by atoms with E-state index in [2.05, 4.69) is 6.92 Å². The van der Waals surface area contributed by atoms with Crippen molar-refractivity contribution in [3.05, 3.63) is 0 Å². The van der Waals surface area contributed by atoms with E-state index in [1.165, 1.54) is 77.6 Å². The molecule has 0 rings (SSSR count). The van der Waals surface area contributed by atoms with Gasteiger partial charge in [0.1, 0.15) is 0 Å². The highest BCUT2D eigenvalue weighted by Crippen LogP contribution is 2.35. The quantitative estimate of drug-likeness (QED) is 0.170. The second-order valence-electron chi connectivity index (χ2n) is 9.54. The largest absolute Gasteiger partial charge is 0.476 e. The maximum atomic E-state index is 11.9. The van der Waals surface area contributed by atoms with Crippen molar-refractivity contribution in [1.29, 1.82) is 0 Å². The number of carboxylic acids is 1. The zero-order valence-corrected chi connectivity index (χ0v) is 19.3. The lowest BCUT2D eigenvalue weighted by Gasteiger charge is -2.48. The standard InChI is InChI=1S/C23H47NO4/c1-6-7-8-9-10-11-12-13-14-15-16-17-18-19-20-23(21(25)26,22(2,27)28)24(3,4)5/h27-28H,6-20H2,1-5H3/p+1. The van der Waals surface area contributed by atoms with Crippen LogP contribution in [-0.2, 0) is 4.79 Å². The predicted molar refractivity (Wildman–Crippen MR) is 116 cm³/mol. The number of aliphatic hydroxyl groups is 2. The molecule has 0 radical (unpaired) electrons. The van der Waals surface area contributed by atoms with Gasteiger partial charge in [-0.15, -0.1) is 0 Å². The maximum Gasteiger partial charge on any atom is 0.371 e. The van der Waals surface area contributed by atoms with E-state index in [1.807, 2.05) is 0 Å². The molecule has 3 N–H and O–H groups in total. The van der Waals surface area contributed by atoms with Crippen LogP contribution in [0.3, 0.4) is 0 Å². The van der Waals surface area contributed by atoms with E-state index in [1.54, 1.807) is 21.1 Å². The number of rotatable bonds is 18. The minimum atomic E-state index is -2.27. The Kier molecular flexibility index (Phi) is 13.2. The Morgan fingerprint density at radius 1 is 0.714 bits per heavy atom. The molecule has 0 spiro atoms. The first kappa shape index (κ1) is 27.4. The van der Waals surface area contributed by atoms with Crippen LogP contribution in [0.5, 0.6) is 0 Å². The van der Waals surface area contributed by atoms with Gasteiger partial charge in [-0.05, 0) is 13.3 Å². The van der Waals surface area contributed by atoms with Crippen LogP contribution in [-0.4, -0.2) is 58.2 Å². The van der Waals surface area contributed by atoms with Crippen molar-refractivity contribution >= 4 is 5.97 Å². The van der Waals surface area contributed by atoms with Gasteiger partial charge in [-0.3, -0.25) is 0 Å². The van der Waals surface area contributed by atoms with Crippen molar-refractivity contribution < 1.29 is 24.6 Å². The van der Waals surface area contributed by atoms with Crippen LogP contribution in [0.4, 0.5) is 0 Å². The number of hydrogen-bond donors (Lipinski definition) is 3. The second-order valence-corrected chi connectivity index (χ2v) is 9.54. The molecule has 5 heteroatoms. The van der Waals surface area contributed by atoms with Crippen LogP contribution in [0.15, 0.2) is 0 Å². The molecule has 0 aliphatic rings. The third-order valence-electron chi connectivity index (χ3n) is 6.17. The Morgan fingerprint density at radius 2 is 1.04 bits per heavy atom. The van der Waals surface area contributed by atoms with Gasteiger partial charge in [-0.2, -0.15) is 0 Å². The molecule has 0 amide bonds. The first-order valence-corrected chi connectivity index (χ1v) is 11.5. The highest BCUT2D eigenvalue weighted by Gasteiger charge is 2.62. The molecule has 0 aromatic rings. The average Bonchev–Trinajstić information content (AvgIpc) is 2.55. The molecule has 0 fully saturated rings. The molecular formula is C23H48NO4+. The number of quaternary nitrogens is 1. The topological polar surface area (TPSA) is 77.8 Å². The molecule has 0 aliphatic heterocycles. The van der Waals surface area contributed by atoms with Crippen LogP contribution in [0.1, 0.15) is 110 Å². The highest BCUT2D eigenvalue weighted by molar-refractivity contribution is 5.78. The summed E-state index contributed by atoms with van der Waals surface area (Å²) in [5, 5.41) is 30.2. The van der Waals surface area contributed by atoms with E-state index >= 15 is 0 Å². The Bertz CT molecular complexity index is 396. The third kappa shape index (κ3) is 9.23. The summed E-state index contributed by atoms with van der Waals surface area (Å²) in [6, 6.07) is 0. The highest BCUT2D eigenvalue weighted by atomic mass is 16.5. The van der Waals surface area contributed by atoms with Gasteiger partial charge in [0.25, 0.3) is 0 Å². The molecular weight excluding hydrogens is 354 g/mol. The monoisotopic (exact) mass is 402 g/mol. The number of hydrogen-bond acceptors (Lipinski definition) is 3. The molecule has 0 aromatic carbocycles. The minimum Gasteiger partial charge on any atom is -0.476 e. The number of carboxylic acid groups (broad SMARTS) is 1. The van der Waals surface area contributed by atoms with E-state index < -0.39 is 17.3 Å². The summed E-state index contributed by atoms with van der Waals surface area (Å²) in [5.74, 6) is -3.42. The van der Waals surface area contributed by atoms with Crippen molar-refractivity contribution in [1.82, 2.24) is 0 Å². The maximum absolute atomic E-state index is 11.9. The normalized spacial score (nSPS) is 14.8. The van der Waals surface area contributed by atoms with E-state index in [-0.39, 0.29) is 10.9 Å². The lowest BCUT2D eigenvalue weighted by molar-refractivity contribution is -0.927. The number of carbonyl (C=O) groups is 1. The second kappa shape index (κ2) is 13.6. The molecule has 0 saturated carbocycles. The average molecular weight is 403 g/mol. The van der Waals surface area contributed by atoms with E-state index in [0.717, 1.165) is 12.8 Å². The van der Waals surface area contributed by atoms with Crippen LogP contribution < -0.4 is 0 Å². The summed E-state index contributed by atoms with van der Waals surface area (Å²) in [5.41, 5.74) is -1.62. The minimum absolute atomic E-state index is 0.0235. The van der Waals surface area contributed by atoms with E-state index in [4.69, 9.17) is 0 Å². The Balaban J connectivity index is 3.95. The van der Waals surface area contributed by atoms with Crippen molar-refractivity contribution in [3.63, 3.8) is 0 Å². The summed E-state index contributed by atoms with van der Waals surface area (Å²) in [6.07, 6.45) is 17.6. The number of nitrogens with zero attached hydrogens (tertiary/aromatic N) is 1. The summed E-state index contributed by atoms with van der Waals surface area (Å²) in [6.45, 7) is 3.44. The molecule has 0 aromatic heterocycles. The Labute approximate surface area is 173 Å². The molecule has 168 valence electrons. The number of likely N-dealkylation sites (N-methyl/N-ethyl adjacent to an activating group) is 1. The van der Waals surface area contributed by atoms with Crippen molar-refractivity contribution in [3.8, 4) is 0 Å². The summed E-state index contributed by atoms with van der Waals surface area (Å²) < 4.78 is -0.0235. The fraction of sp³-hybridized carbons (Fsp3) is 0.957. The van der Waals surface area contributed by atoms with Gasteiger partial charge in [0, 0.05) is 6.42 Å². The first-order chi connectivity index (χ1) is 13.0. The fourth-order valence-corrected chi connectivity index (χ4v) is 4.38. The molecule has 5 nitrogen and oxygen atoms in total. The zero-order valence-electron chi connectivity index (χ0n) is 19.3. The van der Waals surface area contributed by atoms with Gasteiger partial charge in [0.15, 0.2) is 0 Å². The van der Waals surface area contributed by atoms with Gasteiger partial charge in [0.2, 0.25) is 11.3 Å². The Morgan fingerprint density at radius 3 is 1.29 bits per heavy atom. The van der Waals surface area contributed by atoms with Crippen LogP contribution >= 0.6 is 0 Å². The van der Waals surface area contributed by atoms with Crippen LogP contribution in [0.2, 0.25) is 0 Å². The SMILES string of the molecule is CCCCCCCCCCCCCCCCC(C(=O)O)(C(C)(O)O)[N+](C)(C)C. The summed E-state index contributed by atoms with van der Waals surface area (Å²) in [7, 11) is 5.13. The molecule has 1 unspecified atom stereocenters. The molecule has 0 saturated heterocycles. The zero-order chi connectivity index (χ0) is 21.7.